The van der Waals surface area contributed by atoms with Gasteiger partial charge in [-0.05, 0) is 55.0 Å². The number of hydrogen-bond acceptors (Lipinski definition) is 4. The fourth-order valence-corrected chi connectivity index (χ4v) is 3.92. The van der Waals surface area contributed by atoms with Crippen molar-refractivity contribution in [1.82, 2.24) is 4.90 Å². The first-order valence-corrected chi connectivity index (χ1v) is 10.6. The van der Waals surface area contributed by atoms with Gasteiger partial charge in [0.1, 0.15) is 23.1 Å². The zero-order chi connectivity index (χ0) is 21.6. The van der Waals surface area contributed by atoms with E-state index in [1.165, 1.54) is 6.07 Å². The molecule has 0 N–H and O–H groups in total. The first-order valence-electron chi connectivity index (χ1n) is 10.6. The van der Waals surface area contributed by atoms with Crippen molar-refractivity contribution in [1.29, 1.82) is 0 Å². The summed E-state index contributed by atoms with van der Waals surface area (Å²) in [5.41, 5.74) is 1.58. The molecule has 6 heteroatoms. The van der Waals surface area contributed by atoms with Gasteiger partial charge in [-0.25, -0.2) is 4.39 Å². The SMILES string of the molecule is COc1ccc(N2CCCN(C(=O)CCc3ccc(-c4ccccc4F)o3)CC2)cc1. The lowest BCUT2D eigenvalue weighted by Gasteiger charge is -2.24. The number of ether oxygens (including phenoxy) is 1. The molecule has 3 aromatic rings. The van der Waals surface area contributed by atoms with Crippen molar-refractivity contribution in [2.45, 2.75) is 19.3 Å². The first kappa shape index (κ1) is 21.0. The van der Waals surface area contributed by atoms with Crippen molar-refractivity contribution in [2.75, 3.05) is 38.2 Å². The third-order valence-electron chi connectivity index (χ3n) is 5.67. The van der Waals surface area contributed by atoms with Crippen LogP contribution in [0.2, 0.25) is 0 Å². The number of methoxy groups -OCH3 is 1. The summed E-state index contributed by atoms with van der Waals surface area (Å²) in [4.78, 5) is 17.0. The highest BCUT2D eigenvalue weighted by Crippen LogP contribution is 2.25. The summed E-state index contributed by atoms with van der Waals surface area (Å²) in [5.74, 6) is 1.84. The number of aryl methyl sites for hydroxylation is 1. The van der Waals surface area contributed by atoms with Crippen LogP contribution in [0, 0.1) is 5.82 Å². The third-order valence-corrected chi connectivity index (χ3v) is 5.67. The lowest BCUT2D eigenvalue weighted by molar-refractivity contribution is -0.131. The summed E-state index contributed by atoms with van der Waals surface area (Å²) in [6, 6.07) is 18.1. The van der Waals surface area contributed by atoms with Crippen molar-refractivity contribution < 1.29 is 18.3 Å². The number of furan rings is 1. The Balaban J connectivity index is 1.30. The van der Waals surface area contributed by atoms with Gasteiger partial charge < -0.3 is 19.0 Å². The number of rotatable bonds is 6. The number of halogens is 1. The van der Waals surface area contributed by atoms with E-state index in [1.54, 1.807) is 31.4 Å². The Morgan fingerprint density at radius 3 is 2.58 bits per heavy atom. The summed E-state index contributed by atoms with van der Waals surface area (Å²) in [7, 11) is 1.66. The van der Waals surface area contributed by atoms with E-state index in [-0.39, 0.29) is 11.7 Å². The van der Waals surface area contributed by atoms with E-state index in [9.17, 15) is 9.18 Å². The second-order valence-corrected chi connectivity index (χ2v) is 7.67. The van der Waals surface area contributed by atoms with Crippen LogP contribution in [0.1, 0.15) is 18.6 Å². The molecule has 0 unspecified atom stereocenters. The van der Waals surface area contributed by atoms with Crippen molar-refractivity contribution in [3.63, 3.8) is 0 Å². The smallest absolute Gasteiger partial charge is 0.223 e. The predicted molar refractivity (Wildman–Crippen MR) is 119 cm³/mol. The molecule has 5 nitrogen and oxygen atoms in total. The highest BCUT2D eigenvalue weighted by Gasteiger charge is 2.20. The van der Waals surface area contributed by atoms with Gasteiger partial charge in [-0.1, -0.05) is 12.1 Å². The number of benzene rings is 2. The Labute approximate surface area is 182 Å². The molecular formula is C25H27FN2O3. The lowest BCUT2D eigenvalue weighted by Crippen LogP contribution is -2.35. The molecule has 1 aliphatic rings. The van der Waals surface area contributed by atoms with Crippen LogP contribution in [0.5, 0.6) is 5.75 Å². The molecule has 1 saturated heterocycles. The molecule has 31 heavy (non-hydrogen) atoms. The van der Waals surface area contributed by atoms with Crippen LogP contribution in [0.4, 0.5) is 10.1 Å². The summed E-state index contributed by atoms with van der Waals surface area (Å²) in [6.07, 6.45) is 1.81. The van der Waals surface area contributed by atoms with Gasteiger partial charge in [0.25, 0.3) is 0 Å². The largest absolute Gasteiger partial charge is 0.497 e. The van der Waals surface area contributed by atoms with E-state index in [4.69, 9.17) is 9.15 Å². The van der Waals surface area contributed by atoms with Gasteiger partial charge in [0.15, 0.2) is 0 Å². The highest BCUT2D eigenvalue weighted by molar-refractivity contribution is 5.76. The molecule has 2 heterocycles. The molecule has 2 aromatic carbocycles. The van der Waals surface area contributed by atoms with Gasteiger partial charge in [0.05, 0.1) is 12.7 Å². The number of hydrogen-bond donors (Lipinski definition) is 0. The predicted octanol–water partition coefficient (Wildman–Crippen LogP) is 4.77. The lowest BCUT2D eigenvalue weighted by atomic mass is 10.1. The maximum Gasteiger partial charge on any atom is 0.223 e. The van der Waals surface area contributed by atoms with E-state index in [2.05, 4.69) is 17.0 Å². The van der Waals surface area contributed by atoms with Gasteiger partial charge in [-0.2, -0.15) is 0 Å². The standard InChI is InChI=1S/C25H27FN2O3/c1-30-20-9-7-19(8-10-20)27-15-4-16-28(18-17-27)25(29)14-12-21-11-13-24(31-21)22-5-2-3-6-23(22)26/h2-3,5-11,13H,4,12,14-18H2,1H3. The number of nitrogens with zero attached hydrogens (tertiary/aromatic N) is 2. The van der Waals surface area contributed by atoms with Crippen LogP contribution in [0.25, 0.3) is 11.3 Å². The Kier molecular flexibility index (Phi) is 6.55. The highest BCUT2D eigenvalue weighted by atomic mass is 19.1. The number of anilines is 1. The molecular weight excluding hydrogens is 395 g/mol. The number of amides is 1. The molecule has 4 rings (SSSR count). The topological polar surface area (TPSA) is 45.9 Å². The first-order chi connectivity index (χ1) is 15.1. The van der Waals surface area contributed by atoms with E-state index >= 15 is 0 Å². The van der Waals surface area contributed by atoms with Crippen molar-refractivity contribution in [3.05, 3.63) is 72.2 Å². The zero-order valence-electron chi connectivity index (χ0n) is 17.7. The van der Waals surface area contributed by atoms with Crippen molar-refractivity contribution in [2.24, 2.45) is 0 Å². The Morgan fingerprint density at radius 2 is 1.81 bits per heavy atom. The number of carbonyl (C=O) groups is 1. The summed E-state index contributed by atoms with van der Waals surface area (Å²) >= 11 is 0. The summed E-state index contributed by atoms with van der Waals surface area (Å²) < 4.78 is 24.9. The molecule has 0 bridgehead atoms. The average molecular weight is 423 g/mol. The minimum absolute atomic E-state index is 0.125. The molecule has 162 valence electrons. The van der Waals surface area contributed by atoms with E-state index in [0.717, 1.165) is 37.5 Å². The minimum atomic E-state index is -0.314. The molecule has 1 amide bonds. The molecule has 0 radical (unpaired) electrons. The quantitative estimate of drug-likeness (QED) is 0.574. The fourth-order valence-electron chi connectivity index (χ4n) is 3.92. The zero-order valence-corrected chi connectivity index (χ0v) is 17.7. The second-order valence-electron chi connectivity index (χ2n) is 7.67. The van der Waals surface area contributed by atoms with Gasteiger partial charge in [0.2, 0.25) is 5.91 Å². The third kappa shape index (κ3) is 5.08. The average Bonchev–Trinajstić information content (AvgIpc) is 3.13. The van der Waals surface area contributed by atoms with Crippen molar-refractivity contribution >= 4 is 11.6 Å². The van der Waals surface area contributed by atoms with Crippen LogP contribution in [0.15, 0.2) is 65.1 Å². The number of carbonyl (C=O) groups excluding carboxylic acids is 1. The van der Waals surface area contributed by atoms with Crippen LogP contribution < -0.4 is 9.64 Å². The molecule has 0 saturated carbocycles. The van der Waals surface area contributed by atoms with E-state index < -0.39 is 0 Å². The maximum absolute atomic E-state index is 13.9. The van der Waals surface area contributed by atoms with Crippen molar-refractivity contribution in [3.8, 4) is 17.1 Å². The van der Waals surface area contributed by atoms with Gasteiger partial charge >= 0.3 is 0 Å². The van der Waals surface area contributed by atoms with Crippen LogP contribution >= 0.6 is 0 Å². The van der Waals surface area contributed by atoms with Gasteiger partial charge in [-0.15, -0.1) is 0 Å². The van der Waals surface area contributed by atoms with Crippen LogP contribution in [0.3, 0.4) is 0 Å². The molecule has 1 aromatic heterocycles. The fraction of sp³-hybridized carbons (Fsp3) is 0.320. The van der Waals surface area contributed by atoms with Crippen LogP contribution in [-0.4, -0.2) is 44.1 Å². The van der Waals surface area contributed by atoms with Gasteiger partial charge in [0, 0.05) is 44.7 Å². The summed E-state index contributed by atoms with van der Waals surface area (Å²) in [6.45, 7) is 3.17. The molecule has 1 aliphatic heterocycles. The normalized spacial score (nSPS) is 14.4. The van der Waals surface area contributed by atoms with Gasteiger partial charge in [-0.3, -0.25) is 4.79 Å². The molecule has 0 aliphatic carbocycles. The Bertz CT molecular complexity index is 1020. The summed E-state index contributed by atoms with van der Waals surface area (Å²) in [5, 5.41) is 0. The van der Waals surface area contributed by atoms with E-state index in [0.29, 0.717) is 36.5 Å². The minimum Gasteiger partial charge on any atom is -0.497 e. The molecule has 0 spiro atoms. The van der Waals surface area contributed by atoms with Crippen LogP contribution in [-0.2, 0) is 11.2 Å². The second kappa shape index (κ2) is 9.69. The Hall–Kier alpha value is -3.28. The molecule has 0 atom stereocenters. The Morgan fingerprint density at radius 1 is 1.00 bits per heavy atom. The van der Waals surface area contributed by atoms with E-state index in [1.807, 2.05) is 23.1 Å². The monoisotopic (exact) mass is 422 g/mol. The maximum atomic E-state index is 13.9. The molecule has 1 fully saturated rings.